The van der Waals surface area contributed by atoms with E-state index in [1.165, 1.54) is 0 Å². The number of benzene rings is 1. The molecule has 174 valence electrons. The summed E-state index contributed by atoms with van der Waals surface area (Å²) in [6, 6.07) is 13.4. The van der Waals surface area contributed by atoms with Crippen LogP contribution in [0, 0.1) is 0 Å². The van der Waals surface area contributed by atoms with Crippen molar-refractivity contribution in [2.45, 2.75) is 115 Å². The number of hydrogen-bond acceptors (Lipinski definition) is 5. The highest BCUT2D eigenvalue weighted by Gasteiger charge is 2.50. The van der Waals surface area contributed by atoms with Gasteiger partial charge >= 0.3 is 0 Å². The summed E-state index contributed by atoms with van der Waals surface area (Å²) in [4.78, 5) is 12.0. The summed E-state index contributed by atoms with van der Waals surface area (Å²) in [6.45, 7) is 11.4. The highest BCUT2D eigenvalue weighted by Crippen LogP contribution is 2.41. The molecule has 2 aliphatic heterocycles. The molecule has 0 radical (unpaired) electrons. The first-order chi connectivity index (χ1) is 14.9. The van der Waals surface area contributed by atoms with Gasteiger partial charge < -0.3 is 23.4 Å². The van der Waals surface area contributed by atoms with E-state index in [0.717, 1.165) is 49.2 Å². The first-order valence-corrected chi connectivity index (χ1v) is 14.5. The fraction of sp³-hybridized carbons (Fsp3) is 0.720. The van der Waals surface area contributed by atoms with Crippen LogP contribution in [-0.4, -0.2) is 50.7 Å². The lowest BCUT2D eigenvalue weighted by atomic mass is 9.85. The molecule has 0 amide bonds. The first-order valence-electron chi connectivity index (χ1n) is 12.0. The third-order valence-corrected chi connectivity index (χ3v) is 12.2. The molecule has 0 unspecified atom stereocenters. The van der Waals surface area contributed by atoms with Gasteiger partial charge in [-0.3, -0.25) is 0 Å². The topological polar surface area (TPSA) is 54.0 Å². The number of carbonyl (C=O) groups excluding carboxylic acids is 1. The van der Waals surface area contributed by atoms with E-state index in [0.29, 0.717) is 6.61 Å². The molecule has 3 rings (SSSR count). The Bertz CT molecular complexity index is 686. The molecule has 6 heteroatoms. The van der Waals surface area contributed by atoms with Crippen LogP contribution in [-0.2, 0) is 30.0 Å². The summed E-state index contributed by atoms with van der Waals surface area (Å²) in [5.74, 6) is 0. The van der Waals surface area contributed by atoms with Gasteiger partial charge in [-0.25, -0.2) is 0 Å². The molecule has 2 saturated heterocycles. The van der Waals surface area contributed by atoms with Gasteiger partial charge in [0.1, 0.15) is 6.10 Å². The second-order valence-corrected chi connectivity index (χ2v) is 14.1. The van der Waals surface area contributed by atoms with Gasteiger partial charge in [-0.15, -0.1) is 0 Å². The minimum absolute atomic E-state index is 0.0314. The molecule has 1 aromatic carbocycles. The van der Waals surface area contributed by atoms with Crippen molar-refractivity contribution in [1.29, 1.82) is 0 Å². The minimum Gasteiger partial charge on any atom is -0.411 e. The minimum atomic E-state index is -1.84. The molecule has 5 nitrogen and oxygen atoms in total. The van der Waals surface area contributed by atoms with Crippen LogP contribution in [0.25, 0.3) is 0 Å². The second kappa shape index (κ2) is 10.7. The van der Waals surface area contributed by atoms with Crippen LogP contribution >= 0.6 is 0 Å². The zero-order valence-corrected chi connectivity index (χ0v) is 20.8. The molecule has 2 heterocycles. The van der Waals surface area contributed by atoms with Gasteiger partial charge in [-0.1, -0.05) is 51.1 Å². The van der Waals surface area contributed by atoms with Gasteiger partial charge in [0.25, 0.3) is 0 Å². The van der Waals surface area contributed by atoms with E-state index in [9.17, 15) is 4.79 Å². The SMILES string of the molecule is CC[Si](CC)(CC)O[C@H]1CC[C@@]2(C)O[C@@H](C)[C@H](OCc3ccccc3)C[C@@H]2O[C@@H]1C=O. The molecule has 0 aromatic heterocycles. The lowest BCUT2D eigenvalue weighted by Crippen LogP contribution is -2.55. The van der Waals surface area contributed by atoms with Crippen LogP contribution in [0.15, 0.2) is 30.3 Å². The number of carbonyl (C=O) groups is 1. The molecule has 2 aliphatic rings. The van der Waals surface area contributed by atoms with E-state index in [4.69, 9.17) is 18.6 Å². The summed E-state index contributed by atoms with van der Waals surface area (Å²) in [6.07, 6.45) is 2.25. The van der Waals surface area contributed by atoms with Crippen molar-refractivity contribution in [3.05, 3.63) is 35.9 Å². The molecule has 0 N–H and O–H groups in total. The Morgan fingerprint density at radius 1 is 1.13 bits per heavy atom. The molecule has 6 atom stereocenters. The maximum absolute atomic E-state index is 12.0. The Morgan fingerprint density at radius 3 is 2.42 bits per heavy atom. The summed E-state index contributed by atoms with van der Waals surface area (Å²) in [5.41, 5.74) is 0.712. The molecule has 2 fully saturated rings. The molecule has 0 spiro atoms. The van der Waals surface area contributed by atoms with E-state index in [-0.39, 0.29) is 24.4 Å². The van der Waals surface area contributed by atoms with Crippen LogP contribution in [0.3, 0.4) is 0 Å². The zero-order chi connectivity index (χ0) is 22.5. The summed E-state index contributed by atoms with van der Waals surface area (Å²) < 4.78 is 25.9. The fourth-order valence-corrected chi connectivity index (χ4v) is 7.96. The lowest BCUT2D eigenvalue weighted by Gasteiger charge is -2.46. The third kappa shape index (κ3) is 5.66. The van der Waals surface area contributed by atoms with Crippen molar-refractivity contribution in [1.82, 2.24) is 0 Å². The van der Waals surface area contributed by atoms with E-state index < -0.39 is 20.0 Å². The first kappa shape index (κ1) is 24.6. The maximum Gasteiger partial charge on any atom is 0.192 e. The van der Waals surface area contributed by atoms with Crippen molar-refractivity contribution >= 4 is 14.6 Å². The quantitative estimate of drug-likeness (QED) is 0.380. The maximum atomic E-state index is 12.0. The Hall–Kier alpha value is -1.05. The summed E-state index contributed by atoms with van der Waals surface area (Å²) in [5, 5.41) is 0. The molecule has 1 aromatic rings. The van der Waals surface area contributed by atoms with Crippen LogP contribution in [0.5, 0.6) is 0 Å². The Labute approximate surface area is 188 Å². The van der Waals surface area contributed by atoms with Crippen molar-refractivity contribution in [3.8, 4) is 0 Å². The zero-order valence-electron chi connectivity index (χ0n) is 19.8. The van der Waals surface area contributed by atoms with E-state index in [1.54, 1.807) is 0 Å². The number of rotatable bonds is 9. The predicted molar refractivity (Wildman–Crippen MR) is 125 cm³/mol. The van der Waals surface area contributed by atoms with Crippen LogP contribution in [0.4, 0.5) is 0 Å². The standard InChI is InChI=1S/C25H40O5Si/c1-6-31(7-2,8-3)30-21-14-15-25(5)24(28-23(21)17-26)16-22(19(4)29-25)27-18-20-12-10-9-11-13-20/h9-13,17,19,21-24H,6-8,14-16,18H2,1-5H3/t19-,21-,22+,23+,24-,25+/m0/s1. The molecule has 0 bridgehead atoms. The molecule has 0 aliphatic carbocycles. The van der Waals surface area contributed by atoms with Crippen LogP contribution < -0.4 is 0 Å². The molecular formula is C25H40O5Si. The van der Waals surface area contributed by atoms with E-state index >= 15 is 0 Å². The van der Waals surface area contributed by atoms with E-state index in [2.05, 4.69) is 46.8 Å². The van der Waals surface area contributed by atoms with Gasteiger partial charge in [0.2, 0.25) is 0 Å². The Kier molecular flexibility index (Phi) is 8.49. The number of aldehydes is 1. The number of ether oxygens (including phenoxy) is 3. The van der Waals surface area contributed by atoms with Gasteiger partial charge in [0, 0.05) is 6.42 Å². The van der Waals surface area contributed by atoms with Gasteiger partial charge in [-0.2, -0.15) is 0 Å². The number of hydrogen-bond donors (Lipinski definition) is 0. The highest BCUT2D eigenvalue weighted by molar-refractivity contribution is 6.73. The predicted octanol–water partition coefficient (Wildman–Crippen LogP) is 5.28. The van der Waals surface area contributed by atoms with Crippen molar-refractivity contribution in [2.24, 2.45) is 0 Å². The monoisotopic (exact) mass is 448 g/mol. The fourth-order valence-electron chi connectivity index (χ4n) is 5.07. The molecule has 0 saturated carbocycles. The number of fused-ring (bicyclic) bond motifs is 1. The van der Waals surface area contributed by atoms with Crippen molar-refractivity contribution < 1.29 is 23.4 Å². The highest BCUT2D eigenvalue weighted by atomic mass is 28.4. The van der Waals surface area contributed by atoms with E-state index in [1.807, 2.05) is 18.2 Å². The Balaban J connectivity index is 1.71. The molecular weight excluding hydrogens is 408 g/mol. The lowest BCUT2D eigenvalue weighted by molar-refractivity contribution is -0.241. The third-order valence-electron chi connectivity index (χ3n) is 7.49. The van der Waals surface area contributed by atoms with Crippen molar-refractivity contribution in [3.63, 3.8) is 0 Å². The van der Waals surface area contributed by atoms with Gasteiger partial charge in [-0.05, 0) is 50.4 Å². The van der Waals surface area contributed by atoms with Crippen LogP contribution in [0.2, 0.25) is 18.1 Å². The van der Waals surface area contributed by atoms with Gasteiger partial charge in [0.05, 0.1) is 36.6 Å². The molecule has 31 heavy (non-hydrogen) atoms. The van der Waals surface area contributed by atoms with Gasteiger partial charge in [0.15, 0.2) is 14.6 Å². The summed E-state index contributed by atoms with van der Waals surface area (Å²) >= 11 is 0. The second-order valence-electron chi connectivity index (χ2n) is 9.37. The summed E-state index contributed by atoms with van der Waals surface area (Å²) in [7, 11) is -1.84. The normalized spacial score (nSPS) is 34.0. The Morgan fingerprint density at radius 2 is 1.81 bits per heavy atom. The average Bonchev–Trinajstić information content (AvgIpc) is 2.92. The average molecular weight is 449 g/mol. The largest absolute Gasteiger partial charge is 0.411 e. The smallest absolute Gasteiger partial charge is 0.192 e. The van der Waals surface area contributed by atoms with Crippen LogP contribution in [0.1, 0.15) is 59.4 Å². The van der Waals surface area contributed by atoms with Crippen molar-refractivity contribution in [2.75, 3.05) is 0 Å².